The zero-order chi connectivity index (χ0) is 12.4. The minimum atomic E-state index is 0.622. The Morgan fingerprint density at radius 3 is 2.50 bits per heavy atom. The van der Waals surface area contributed by atoms with E-state index in [0.29, 0.717) is 4.75 Å². The summed E-state index contributed by atoms with van der Waals surface area (Å²) >= 11 is 2.13. The fourth-order valence-electron chi connectivity index (χ4n) is 3.51. The normalized spacial score (nSPS) is 31.3. The summed E-state index contributed by atoms with van der Waals surface area (Å²) in [5.74, 6) is 0. The zero-order valence-electron chi connectivity index (χ0n) is 11.8. The lowest BCUT2D eigenvalue weighted by Gasteiger charge is -2.45. The molecular weight excluding hydrogens is 240 g/mol. The average molecular weight is 268 g/mol. The summed E-state index contributed by atoms with van der Waals surface area (Å²) in [6.07, 6.45) is 13.8. The number of piperidine rings is 1. The van der Waals surface area contributed by atoms with E-state index < -0.39 is 0 Å². The molecule has 18 heavy (non-hydrogen) atoms. The van der Waals surface area contributed by atoms with Crippen molar-refractivity contribution >= 4 is 11.8 Å². The molecule has 0 radical (unpaired) electrons. The fraction of sp³-hybridized carbons (Fsp3) is 1.00. The maximum Gasteiger partial charge on any atom is 0.0284 e. The Hall–Kier alpha value is 0.270. The highest BCUT2D eigenvalue weighted by Gasteiger charge is 2.41. The van der Waals surface area contributed by atoms with Gasteiger partial charge in [-0.2, -0.15) is 11.8 Å². The van der Waals surface area contributed by atoms with Gasteiger partial charge in [-0.05, 0) is 51.3 Å². The first-order valence-electron chi connectivity index (χ1n) is 7.84. The van der Waals surface area contributed by atoms with E-state index in [1.165, 1.54) is 71.0 Å². The molecule has 1 heterocycles. The van der Waals surface area contributed by atoms with Gasteiger partial charge in [0.15, 0.2) is 0 Å². The second-order valence-electron chi connectivity index (χ2n) is 6.55. The Labute approximate surface area is 116 Å². The molecule has 0 aromatic carbocycles. The van der Waals surface area contributed by atoms with Gasteiger partial charge in [0.2, 0.25) is 0 Å². The molecule has 0 aromatic rings. The van der Waals surface area contributed by atoms with Crippen molar-refractivity contribution in [2.75, 3.05) is 25.9 Å². The fourth-order valence-corrected chi connectivity index (χ4v) is 4.51. The molecule has 3 fully saturated rings. The summed E-state index contributed by atoms with van der Waals surface area (Å²) in [6.45, 7) is 3.92. The van der Waals surface area contributed by atoms with E-state index in [-0.39, 0.29) is 0 Å². The van der Waals surface area contributed by atoms with Gasteiger partial charge in [-0.15, -0.1) is 0 Å². The second kappa shape index (κ2) is 5.72. The van der Waals surface area contributed by atoms with Crippen LogP contribution in [0.3, 0.4) is 0 Å². The minimum Gasteiger partial charge on any atom is -0.313 e. The maximum absolute atomic E-state index is 3.72. The minimum absolute atomic E-state index is 0.622. The Morgan fingerprint density at radius 2 is 2.00 bits per heavy atom. The van der Waals surface area contributed by atoms with Crippen molar-refractivity contribution in [3.8, 4) is 0 Å². The Kier molecular flexibility index (Phi) is 4.21. The molecule has 2 nitrogen and oxygen atoms in total. The predicted molar refractivity (Wildman–Crippen MR) is 80.3 cm³/mol. The molecule has 1 unspecified atom stereocenters. The van der Waals surface area contributed by atoms with Gasteiger partial charge in [-0.25, -0.2) is 0 Å². The average Bonchev–Trinajstić information content (AvgIpc) is 3.18. The van der Waals surface area contributed by atoms with Crippen LogP contribution in [0.2, 0.25) is 0 Å². The van der Waals surface area contributed by atoms with Gasteiger partial charge in [0, 0.05) is 29.9 Å². The first-order chi connectivity index (χ1) is 8.81. The number of nitrogens with zero attached hydrogens (tertiary/aromatic N) is 1. The van der Waals surface area contributed by atoms with Crippen LogP contribution in [-0.2, 0) is 0 Å². The predicted octanol–water partition coefficient (Wildman–Crippen LogP) is 2.88. The van der Waals surface area contributed by atoms with Gasteiger partial charge in [0.1, 0.15) is 0 Å². The van der Waals surface area contributed by atoms with Crippen LogP contribution in [0, 0.1) is 0 Å². The summed E-state index contributed by atoms with van der Waals surface area (Å²) in [5.41, 5.74) is 0. The lowest BCUT2D eigenvalue weighted by molar-refractivity contribution is 0.168. The van der Waals surface area contributed by atoms with Crippen molar-refractivity contribution in [3.63, 3.8) is 0 Å². The summed E-state index contributed by atoms with van der Waals surface area (Å²) in [4.78, 5) is 2.83. The molecule has 0 aromatic heterocycles. The van der Waals surface area contributed by atoms with Gasteiger partial charge in [-0.1, -0.05) is 12.8 Å². The SMILES string of the molecule is CSC1(CN(CC2CCCCN2)C2CC2)CCC1. The Bertz CT molecular complexity index is 262. The van der Waals surface area contributed by atoms with Crippen molar-refractivity contribution in [2.24, 2.45) is 0 Å². The molecule has 1 N–H and O–H groups in total. The van der Waals surface area contributed by atoms with Gasteiger partial charge in [0.25, 0.3) is 0 Å². The smallest absolute Gasteiger partial charge is 0.0284 e. The second-order valence-corrected chi connectivity index (χ2v) is 7.82. The van der Waals surface area contributed by atoms with E-state index in [1.807, 2.05) is 0 Å². The van der Waals surface area contributed by atoms with Crippen LogP contribution in [0.1, 0.15) is 51.4 Å². The summed E-state index contributed by atoms with van der Waals surface area (Å²) in [6, 6.07) is 1.71. The van der Waals surface area contributed by atoms with E-state index in [1.54, 1.807) is 0 Å². The van der Waals surface area contributed by atoms with Crippen molar-refractivity contribution < 1.29 is 0 Å². The van der Waals surface area contributed by atoms with Crippen LogP contribution in [0.25, 0.3) is 0 Å². The molecule has 1 aliphatic heterocycles. The number of nitrogens with one attached hydrogen (secondary N) is 1. The van der Waals surface area contributed by atoms with E-state index >= 15 is 0 Å². The van der Waals surface area contributed by atoms with Gasteiger partial charge in [-0.3, -0.25) is 4.90 Å². The molecule has 2 aliphatic carbocycles. The van der Waals surface area contributed by atoms with Crippen molar-refractivity contribution in [3.05, 3.63) is 0 Å². The van der Waals surface area contributed by atoms with Crippen LogP contribution in [0.4, 0.5) is 0 Å². The maximum atomic E-state index is 3.72. The van der Waals surface area contributed by atoms with Crippen LogP contribution in [-0.4, -0.2) is 47.6 Å². The summed E-state index contributed by atoms with van der Waals surface area (Å²) in [7, 11) is 0. The highest BCUT2D eigenvalue weighted by molar-refractivity contribution is 8.00. The van der Waals surface area contributed by atoms with Crippen LogP contribution < -0.4 is 5.32 Å². The van der Waals surface area contributed by atoms with Crippen LogP contribution in [0.5, 0.6) is 0 Å². The monoisotopic (exact) mass is 268 g/mol. The van der Waals surface area contributed by atoms with E-state index in [9.17, 15) is 0 Å². The topological polar surface area (TPSA) is 15.3 Å². The molecule has 3 heteroatoms. The number of rotatable bonds is 6. The first kappa shape index (κ1) is 13.3. The zero-order valence-corrected chi connectivity index (χ0v) is 12.6. The van der Waals surface area contributed by atoms with Crippen LogP contribution >= 0.6 is 11.8 Å². The summed E-state index contributed by atoms with van der Waals surface area (Å²) in [5, 5.41) is 3.72. The molecule has 3 aliphatic rings. The van der Waals surface area contributed by atoms with Crippen molar-refractivity contribution in [2.45, 2.75) is 68.2 Å². The molecule has 2 saturated carbocycles. The number of hydrogen-bond donors (Lipinski definition) is 1. The standard InChI is InChI=1S/C15H28N2S/c1-18-15(8-4-9-15)12-17(14-6-7-14)11-13-5-2-3-10-16-13/h13-14,16H,2-12H2,1H3. The lowest BCUT2D eigenvalue weighted by atomic mass is 9.83. The molecule has 3 rings (SSSR count). The highest BCUT2D eigenvalue weighted by Crippen LogP contribution is 2.45. The largest absolute Gasteiger partial charge is 0.313 e. The molecule has 0 bridgehead atoms. The molecule has 1 atom stereocenters. The van der Waals surface area contributed by atoms with Crippen molar-refractivity contribution in [1.82, 2.24) is 10.2 Å². The highest BCUT2D eigenvalue weighted by atomic mass is 32.2. The molecule has 1 saturated heterocycles. The summed E-state index contributed by atoms with van der Waals surface area (Å²) < 4.78 is 0.622. The van der Waals surface area contributed by atoms with Gasteiger partial charge >= 0.3 is 0 Å². The molecule has 0 amide bonds. The Morgan fingerprint density at radius 1 is 1.17 bits per heavy atom. The molecular formula is C15H28N2S. The third-order valence-corrected chi connectivity index (χ3v) is 6.52. The van der Waals surface area contributed by atoms with Gasteiger partial charge in [0.05, 0.1) is 0 Å². The first-order valence-corrected chi connectivity index (χ1v) is 9.06. The van der Waals surface area contributed by atoms with E-state index in [2.05, 4.69) is 28.2 Å². The van der Waals surface area contributed by atoms with Gasteiger partial charge < -0.3 is 5.32 Å². The third-order valence-electron chi connectivity index (χ3n) is 5.12. The molecule has 104 valence electrons. The number of hydrogen-bond acceptors (Lipinski definition) is 3. The van der Waals surface area contributed by atoms with Crippen LogP contribution in [0.15, 0.2) is 0 Å². The third kappa shape index (κ3) is 3.05. The van der Waals surface area contributed by atoms with E-state index in [0.717, 1.165) is 12.1 Å². The Balaban J connectivity index is 1.54. The van der Waals surface area contributed by atoms with Crippen molar-refractivity contribution in [1.29, 1.82) is 0 Å². The molecule has 0 spiro atoms. The van der Waals surface area contributed by atoms with E-state index in [4.69, 9.17) is 0 Å². The lowest BCUT2D eigenvalue weighted by Crippen LogP contribution is -2.51. The quantitative estimate of drug-likeness (QED) is 0.797. The number of thioether (sulfide) groups is 1.